The van der Waals surface area contributed by atoms with Crippen LogP contribution in [0.5, 0.6) is 0 Å². The van der Waals surface area contributed by atoms with Crippen LogP contribution in [0.4, 0.5) is 0 Å². The minimum absolute atomic E-state index is 0.162. The molecule has 1 nitrogen and oxygen atoms in total. The van der Waals surface area contributed by atoms with Gasteiger partial charge >= 0.3 is 0 Å². The molecule has 0 saturated heterocycles. The van der Waals surface area contributed by atoms with E-state index in [0.717, 1.165) is 0 Å². The zero-order valence-corrected chi connectivity index (χ0v) is 14.0. The van der Waals surface area contributed by atoms with Crippen molar-refractivity contribution in [3.05, 3.63) is 60.2 Å². The van der Waals surface area contributed by atoms with Crippen LogP contribution in [0.25, 0.3) is 32.3 Å². The van der Waals surface area contributed by atoms with Gasteiger partial charge < -0.3 is 5.73 Å². The van der Waals surface area contributed by atoms with Gasteiger partial charge in [-0.2, -0.15) is 0 Å². The summed E-state index contributed by atoms with van der Waals surface area (Å²) in [6.07, 6.45) is 6.61. The third-order valence-electron chi connectivity index (χ3n) is 6.08. The first-order valence-corrected chi connectivity index (χ1v) is 9.25. The molecule has 1 aliphatic carbocycles. The first kappa shape index (κ1) is 14.2. The molecule has 120 valence electrons. The van der Waals surface area contributed by atoms with Gasteiger partial charge in [0.15, 0.2) is 0 Å². The van der Waals surface area contributed by atoms with Crippen LogP contribution in [0.15, 0.2) is 54.6 Å². The van der Waals surface area contributed by atoms with E-state index in [0.29, 0.717) is 5.92 Å². The lowest BCUT2D eigenvalue weighted by molar-refractivity contribution is 0.309. The monoisotopic (exact) mass is 313 g/mol. The Morgan fingerprint density at radius 3 is 2.08 bits per heavy atom. The first-order chi connectivity index (χ1) is 11.8. The van der Waals surface area contributed by atoms with Crippen molar-refractivity contribution >= 4 is 32.3 Å². The lowest BCUT2D eigenvalue weighted by Crippen LogP contribution is -2.23. The van der Waals surface area contributed by atoms with Gasteiger partial charge in [-0.3, -0.25) is 0 Å². The highest BCUT2D eigenvalue weighted by Crippen LogP contribution is 2.40. The predicted molar refractivity (Wildman–Crippen MR) is 104 cm³/mol. The molecule has 0 bridgehead atoms. The summed E-state index contributed by atoms with van der Waals surface area (Å²) >= 11 is 0. The van der Waals surface area contributed by atoms with E-state index in [2.05, 4.69) is 54.6 Å². The van der Waals surface area contributed by atoms with E-state index in [4.69, 9.17) is 5.73 Å². The Morgan fingerprint density at radius 1 is 0.708 bits per heavy atom. The maximum atomic E-state index is 6.77. The van der Waals surface area contributed by atoms with Gasteiger partial charge in [0, 0.05) is 6.04 Å². The van der Waals surface area contributed by atoms with Crippen LogP contribution in [-0.4, -0.2) is 0 Å². The second kappa shape index (κ2) is 5.46. The van der Waals surface area contributed by atoms with Crippen molar-refractivity contribution in [1.29, 1.82) is 0 Å². The van der Waals surface area contributed by atoms with Gasteiger partial charge in [-0.1, -0.05) is 73.9 Å². The third kappa shape index (κ3) is 2.04. The molecule has 4 aromatic carbocycles. The van der Waals surface area contributed by atoms with E-state index < -0.39 is 0 Å². The highest BCUT2D eigenvalue weighted by molar-refractivity contribution is 6.23. The molecule has 0 radical (unpaired) electrons. The fraction of sp³-hybridized carbons (Fsp3) is 0.304. The molecule has 0 amide bonds. The predicted octanol–water partition coefficient (Wildman–Crippen LogP) is 6.16. The second-order valence-corrected chi connectivity index (χ2v) is 7.43. The third-order valence-corrected chi connectivity index (χ3v) is 6.08. The molecule has 4 aromatic rings. The topological polar surface area (TPSA) is 26.0 Å². The molecular formula is C23H23N. The molecule has 0 unspecified atom stereocenters. The van der Waals surface area contributed by atoms with Crippen LogP contribution in [0.1, 0.15) is 43.7 Å². The summed E-state index contributed by atoms with van der Waals surface area (Å²) in [5, 5.41) is 8.13. The van der Waals surface area contributed by atoms with Crippen LogP contribution >= 0.6 is 0 Å². The van der Waals surface area contributed by atoms with Crippen molar-refractivity contribution in [1.82, 2.24) is 0 Å². The number of benzene rings is 4. The molecule has 1 fully saturated rings. The molecule has 1 aliphatic rings. The van der Waals surface area contributed by atoms with Crippen molar-refractivity contribution < 1.29 is 0 Å². The average molecular weight is 313 g/mol. The summed E-state index contributed by atoms with van der Waals surface area (Å²) < 4.78 is 0. The van der Waals surface area contributed by atoms with E-state index in [1.807, 2.05) is 0 Å². The van der Waals surface area contributed by atoms with Crippen molar-refractivity contribution in [3.8, 4) is 0 Å². The molecular weight excluding hydrogens is 290 g/mol. The Bertz CT molecular complexity index is 995. The van der Waals surface area contributed by atoms with Gasteiger partial charge in [0.1, 0.15) is 0 Å². The van der Waals surface area contributed by atoms with Crippen molar-refractivity contribution in [2.45, 2.75) is 38.1 Å². The Kier molecular flexibility index (Phi) is 3.24. The van der Waals surface area contributed by atoms with E-state index in [1.165, 1.54) is 70.0 Å². The molecule has 0 heterocycles. The summed E-state index contributed by atoms with van der Waals surface area (Å²) in [5.41, 5.74) is 8.11. The standard InChI is InChI=1S/C23H23N/c24-23(18-5-2-1-3-6-18)20-14-12-17-10-9-15-7-4-8-16-11-13-19(20)22(17)21(15)16/h4,7-14,18,23H,1-3,5-6,24H2/t23-/m1/s1. The normalized spacial score (nSPS) is 17.9. The smallest absolute Gasteiger partial charge is 0.0329 e. The van der Waals surface area contributed by atoms with Gasteiger partial charge in [-0.05, 0) is 56.6 Å². The van der Waals surface area contributed by atoms with Gasteiger partial charge in [0.25, 0.3) is 0 Å². The first-order valence-electron chi connectivity index (χ1n) is 9.25. The van der Waals surface area contributed by atoms with Crippen LogP contribution in [-0.2, 0) is 0 Å². The molecule has 1 saturated carbocycles. The highest BCUT2D eigenvalue weighted by atomic mass is 14.7. The molecule has 0 aromatic heterocycles. The number of rotatable bonds is 2. The van der Waals surface area contributed by atoms with E-state index in [9.17, 15) is 0 Å². The maximum Gasteiger partial charge on any atom is 0.0329 e. The molecule has 1 atom stereocenters. The summed E-state index contributed by atoms with van der Waals surface area (Å²) in [6.45, 7) is 0. The second-order valence-electron chi connectivity index (χ2n) is 7.43. The van der Waals surface area contributed by atoms with Crippen molar-refractivity contribution in [3.63, 3.8) is 0 Å². The maximum absolute atomic E-state index is 6.77. The highest BCUT2D eigenvalue weighted by Gasteiger charge is 2.24. The molecule has 2 N–H and O–H groups in total. The largest absolute Gasteiger partial charge is 0.324 e. The Morgan fingerprint density at radius 2 is 1.33 bits per heavy atom. The Hall–Kier alpha value is -2.12. The molecule has 0 spiro atoms. The molecule has 5 rings (SSSR count). The lowest BCUT2D eigenvalue weighted by atomic mass is 9.79. The summed E-state index contributed by atoms with van der Waals surface area (Å²) in [6, 6.07) is 20.3. The molecule has 1 heteroatoms. The van der Waals surface area contributed by atoms with Gasteiger partial charge in [0.05, 0.1) is 0 Å². The molecule has 24 heavy (non-hydrogen) atoms. The quantitative estimate of drug-likeness (QED) is 0.440. The van der Waals surface area contributed by atoms with Gasteiger partial charge in [0.2, 0.25) is 0 Å². The number of hydrogen-bond donors (Lipinski definition) is 1. The van der Waals surface area contributed by atoms with Gasteiger partial charge in [-0.25, -0.2) is 0 Å². The Labute approximate surface area is 142 Å². The van der Waals surface area contributed by atoms with Crippen LogP contribution in [0.3, 0.4) is 0 Å². The van der Waals surface area contributed by atoms with E-state index in [1.54, 1.807) is 0 Å². The SMILES string of the molecule is N[C@@H](c1ccc2ccc3cccc4ccc1c2c34)C1CCCCC1. The zero-order valence-electron chi connectivity index (χ0n) is 14.0. The zero-order chi connectivity index (χ0) is 16.1. The minimum atomic E-state index is 0.162. The fourth-order valence-electron chi connectivity index (χ4n) is 4.80. The Balaban J connectivity index is 1.77. The summed E-state index contributed by atoms with van der Waals surface area (Å²) in [4.78, 5) is 0. The lowest BCUT2D eigenvalue weighted by Gasteiger charge is -2.29. The van der Waals surface area contributed by atoms with E-state index in [-0.39, 0.29) is 6.04 Å². The van der Waals surface area contributed by atoms with Crippen LogP contribution in [0, 0.1) is 5.92 Å². The number of hydrogen-bond acceptors (Lipinski definition) is 1. The van der Waals surface area contributed by atoms with Crippen LogP contribution in [0.2, 0.25) is 0 Å². The van der Waals surface area contributed by atoms with Crippen LogP contribution < -0.4 is 5.73 Å². The summed E-state index contributed by atoms with van der Waals surface area (Å²) in [5.74, 6) is 0.636. The van der Waals surface area contributed by atoms with E-state index >= 15 is 0 Å². The minimum Gasteiger partial charge on any atom is -0.324 e. The summed E-state index contributed by atoms with van der Waals surface area (Å²) in [7, 11) is 0. The van der Waals surface area contributed by atoms with Crippen molar-refractivity contribution in [2.24, 2.45) is 11.7 Å². The number of nitrogens with two attached hydrogens (primary N) is 1. The van der Waals surface area contributed by atoms with Gasteiger partial charge in [-0.15, -0.1) is 0 Å². The average Bonchev–Trinajstić information content (AvgIpc) is 2.66. The fourth-order valence-corrected chi connectivity index (χ4v) is 4.80. The van der Waals surface area contributed by atoms with Crippen molar-refractivity contribution in [2.75, 3.05) is 0 Å². The molecule has 0 aliphatic heterocycles.